The second-order valence-corrected chi connectivity index (χ2v) is 9.02. The number of carbonyl (C=O) groups excluding carboxylic acids is 1. The van der Waals surface area contributed by atoms with Gasteiger partial charge in [0.25, 0.3) is 0 Å². The van der Waals surface area contributed by atoms with E-state index in [9.17, 15) is 4.79 Å². The molecule has 0 amide bonds. The minimum Gasteiger partial charge on any atom is -0.487 e. The van der Waals surface area contributed by atoms with E-state index in [2.05, 4.69) is 45.8 Å². The Morgan fingerprint density at radius 3 is 2.54 bits per heavy atom. The lowest BCUT2D eigenvalue weighted by molar-refractivity contribution is -0.275. The average Bonchev–Trinajstić information content (AvgIpc) is 3.10. The van der Waals surface area contributed by atoms with Crippen molar-refractivity contribution in [3.63, 3.8) is 0 Å². The molecule has 4 nitrogen and oxygen atoms in total. The predicted octanol–water partition coefficient (Wildman–Crippen LogP) is 5.09. The van der Waals surface area contributed by atoms with Crippen LogP contribution in [0.4, 0.5) is 0 Å². The Hall–Kier alpha value is -1.13. The molecule has 3 rings (SSSR count). The van der Waals surface area contributed by atoms with E-state index in [1.807, 2.05) is 0 Å². The zero-order valence-electron chi connectivity index (χ0n) is 17.2. The van der Waals surface area contributed by atoms with Gasteiger partial charge in [0.2, 0.25) is 0 Å². The first kappa shape index (κ1) is 19.6. The zero-order valence-corrected chi connectivity index (χ0v) is 17.2. The van der Waals surface area contributed by atoms with E-state index >= 15 is 0 Å². The van der Waals surface area contributed by atoms with Crippen LogP contribution in [-0.4, -0.2) is 34.6 Å². The molecular formula is C22H35NO3. The number of allylic oxidation sites excluding steroid dienone is 1. The highest BCUT2D eigenvalue weighted by molar-refractivity contribution is 6.03. The van der Waals surface area contributed by atoms with Gasteiger partial charge in [0.05, 0.1) is 23.3 Å². The summed E-state index contributed by atoms with van der Waals surface area (Å²) in [5.74, 6) is 1.13. The molecule has 4 heteroatoms. The Morgan fingerprint density at radius 1 is 1.12 bits per heavy atom. The van der Waals surface area contributed by atoms with E-state index in [4.69, 9.17) is 9.57 Å². The van der Waals surface area contributed by atoms with E-state index in [-0.39, 0.29) is 23.0 Å². The van der Waals surface area contributed by atoms with Gasteiger partial charge in [0.15, 0.2) is 5.78 Å². The van der Waals surface area contributed by atoms with Crippen molar-refractivity contribution in [1.82, 2.24) is 5.06 Å². The fourth-order valence-corrected chi connectivity index (χ4v) is 4.74. The van der Waals surface area contributed by atoms with Gasteiger partial charge in [-0.3, -0.25) is 9.63 Å². The highest BCUT2D eigenvalue weighted by Crippen LogP contribution is 2.49. The lowest BCUT2D eigenvalue weighted by Crippen LogP contribution is -2.63. The van der Waals surface area contributed by atoms with E-state index < -0.39 is 0 Å². The van der Waals surface area contributed by atoms with Crippen LogP contribution in [0.15, 0.2) is 23.0 Å². The molecule has 146 valence electrons. The fraction of sp³-hybridized carbons (Fsp3) is 0.773. The van der Waals surface area contributed by atoms with Crippen LogP contribution in [0.5, 0.6) is 0 Å². The third-order valence-corrected chi connectivity index (χ3v) is 5.88. The molecule has 0 N–H and O–H groups in total. The number of fused-ring (bicyclic) bond motifs is 2. The first-order valence-corrected chi connectivity index (χ1v) is 10.4. The maximum absolute atomic E-state index is 12.3. The summed E-state index contributed by atoms with van der Waals surface area (Å²) < 4.78 is 6.24. The third kappa shape index (κ3) is 3.50. The molecule has 0 aromatic heterocycles. The summed E-state index contributed by atoms with van der Waals surface area (Å²) in [5.41, 5.74) is 1.34. The normalized spacial score (nSPS) is 26.6. The summed E-state index contributed by atoms with van der Waals surface area (Å²) in [4.78, 5) is 18.6. The molecule has 26 heavy (non-hydrogen) atoms. The largest absolute Gasteiger partial charge is 0.487 e. The van der Waals surface area contributed by atoms with Gasteiger partial charge in [0, 0.05) is 18.4 Å². The molecule has 0 spiro atoms. The molecule has 1 unspecified atom stereocenters. The van der Waals surface area contributed by atoms with Gasteiger partial charge in [-0.2, -0.15) is 5.06 Å². The van der Waals surface area contributed by atoms with Crippen LogP contribution in [0.1, 0.15) is 86.0 Å². The topological polar surface area (TPSA) is 38.8 Å². The van der Waals surface area contributed by atoms with Crippen LogP contribution in [0.2, 0.25) is 0 Å². The summed E-state index contributed by atoms with van der Waals surface area (Å²) in [6.07, 6.45) is 10.9. The quantitative estimate of drug-likeness (QED) is 0.564. The number of Topliss-reactive ketones (excluding diaryl/α,β-unsaturated/α-hetero) is 1. The lowest BCUT2D eigenvalue weighted by atomic mass is 9.78. The number of ketones is 1. The Bertz CT molecular complexity index is 615. The number of carbonyl (C=O) groups is 1. The van der Waals surface area contributed by atoms with Crippen molar-refractivity contribution in [2.75, 3.05) is 6.61 Å². The number of rotatable bonds is 8. The SMILES string of the molecule is CCCCCCCCON1C(C)(C)C=C2C3=C(CCC3=O)OC2C1(C)C. The van der Waals surface area contributed by atoms with Crippen LogP contribution in [0, 0.1) is 0 Å². The lowest BCUT2D eigenvalue weighted by Gasteiger charge is -2.52. The van der Waals surface area contributed by atoms with E-state index in [0.29, 0.717) is 6.42 Å². The first-order valence-electron chi connectivity index (χ1n) is 10.4. The van der Waals surface area contributed by atoms with Crippen molar-refractivity contribution in [2.45, 2.75) is 103 Å². The Kier molecular flexibility index (Phi) is 5.64. The van der Waals surface area contributed by atoms with Gasteiger partial charge in [0.1, 0.15) is 11.9 Å². The maximum Gasteiger partial charge on any atom is 0.167 e. The second kappa shape index (κ2) is 7.47. The molecular weight excluding hydrogens is 326 g/mol. The fourth-order valence-electron chi connectivity index (χ4n) is 4.74. The van der Waals surface area contributed by atoms with Crippen LogP contribution in [-0.2, 0) is 14.4 Å². The maximum atomic E-state index is 12.3. The van der Waals surface area contributed by atoms with E-state index in [0.717, 1.165) is 36.4 Å². The smallest absolute Gasteiger partial charge is 0.167 e. The van der Waals surface area contributed by atoms with Crippen molar-refractivity contribution < 1.29 is 14.4 Å². The van der Waals surface area contributed by atoms with Crippen LogP contribution in [0.3, 0.4) is 0 Å². The van der Waals surface area contributed by atoms with Crippen molar-refractivity contribution in [3.05, 3.63) is 23.0 Å². The minimum absolute atomic E-state index is 0.116. The highest BCUT2D eigenvalue weighted by Gasteiger charge is 2.55. The molecule has 0 fully saturated rings. The van der Waals surface area contributed by atoms with Gasteiger partial charge in [-0.05, 0) is 34.1 Å². The molecule has 2 aliphatic heterocycles. The summed E-state index contributed by atoms with van der Waals surface area (Å²) in [5, 5.41) is 2.10. The van der Waals surface area contributed by atoms with Crippen LogP contribution < -0.4 is 0 Å². The van der Waals surface area contributed by atoms with Crippen molar-refractivity contribution in [2.24, 2.45) is 0 Å². The van der Waals surface area contributed by atoms with E-state index in [1.165, 1.54) is 32.1 Å². The average molecular weight is 362 g/mol. The molecule has 0 radical (unpaired) electrons. The van der Waals surface area contributed by atoms with E-state index in [1.54, 1.807) is 0 Å². The van der Waals surface area contributed by atoms with Gasteiger partial charge >= 0.3 is 0 Å². The molecule has 1 atom stereocenters. The molecule has 3 aliphatic rings. The van der Waals surface area contributed by atoms with Gasteiger partial charge in [-0.15, -0.1) is 0 Å². The standard InChI is InChI=1S/C22H35NO3/c1-6-7-8-9-10-11-14-25-23-21(2,3)15-16-19-17(24)12-13-18(19)26-20(16)22(23,4)5/h15,20H,6-14H2,1-5H3. The molecule has 0 saturated carbocycles. The molecule has 2 heterocycles. The highest BCUT2D eigenvalue weighted by atomic mass is 16.7. The van der Waals surface area contributed by atoms with Crippen molar-refractivity contribution >= 4 is 5.78 Å². The van der Waals surface area contributed by atoms with Crippen LogP contribution >= 0.6 is 0 Å². The predicted molar refractivity (Wildman–Crippen MR) is 104 cm³/mol. The van der Waals surface area contributed by atoms with Gasteiger partial charge < -0.3 is 4.74 Å². The monoisotopic (exact) mass is 361 g/mol. The number of hydroxylamine groups is 2. The number of hydrogen-bond donors (Lipinski definition) is 0. The number of nitrogens with zero attached hydrogens (tertiary/aromatic N) is 1. The Balaban J connectivity index is 1.66. The van der Waals surface area contributed by atoms with Crippen molar-refractivity contribution in [1.29, 1.82) is 0 Å². The summed E-state index contributed by atoms with van der Waals surface area (Å²) in [6, 6.07) is 0. The molecule has 0 aromatic carbocycles. The molecule has 0 aromatic rings. The third-order valence-electron chi connectivity index (χ3n) is 5.88. The Morgan fingerprint density at radius 2 is 1.81 bits per heavy atom. The first-order chi connectivity index (χ1) is 12.3. The number of unbranched alkanes of at least 4 members (excludes halogenated alkanes) is 5. The zero-order chi connectivity index (χ0) is 18.9. The molecule has 0 bridgehead atoms. The molecule has 0 saturated heterocycles. The van der Waals surface area contributed by atoms with Gasteiger partial charge in [-0.25, -0.2) is 0 Å². The molecule has 1 aliphatic carbocycles. The minimum atomic E-state index is -0.319. The summed E-state index contributed by atoms with van der Waals surface area (Å²) in [7, 11) is 0. The Labute approximate surface area is 158 Å². The van der Waals surface area contributed by atoms with Crippen LogP contribution in [0.25, 0.3) is 0 Å². The second-order valence-electron chi connectivity index (χ2n) is 9.02. The van der Waals surface area contributed by atoms with Gasteiger partial charge in [-0.1, -0.05) is 45.1 Å². The number of ether oxygens (including phenoxy) is 1. The summed E-state index contributed by atoms with van der Waals surface area (Å²) >= 11 is 0. The number of hydrogen-bond acceptors (Lipinski definition) is 4. The summed E-state index contributed by atoms with van der Waals surface area (Å²) in [6.45, 7) is 11.6. The van der Waals surface area contributed by atoms with Crippen molar-refractivity contribution in [3.8, 4) is 0 Å².